The third-order valence-corrected chi connectivity index (χ3v) is 3.11. The Morgan fingerprint density at radius 2 is 2.00 bits per heavy atom. The molecule has 1 aliphatic rings. The van der Waals surface area contributed by atoms with Crippen LogP contribution in [0.2, 0.25) is 0 Å². The van der Waals surface area contributed by atoms with E-state index in [9.17, 15) is 14.4 Å². The summed E-state index contributed by atoms with van der Waals surface area (Å²) in [6.45, 7) is 3.82. The minimum Gasteiger partial charge on any atom is -0.326 e. The molecule has 4 heteroatoms. The molecule has 100 valence electrons. The predicted octanol–water partition coefficient (Wildman–Crippen LogP) is 2.37. The molecule has 1 aromatic rings. The Hall–Kier alpha value is -1.97. The summed E-state index contributed by atoms with van der Waals surface area (Å²) in [7, 11) is 0. The van der Waals surface area contributed by atoms with Crippen LogP contribution in [0.25, 0.3) is 0 Å². The molecule has 4 nitrogen and oxygen atoms in total. The van der Waals surface area contributed by atoms with Crippen LogP contribution >= 0.6 is 0 Å². The van der Waals surface area contributed by atoms with Crippen LogP contribution in [0.3, 0.4) is 0 Å². The minimum absolute atomic E-state index is 0.0116. The van der Waals surface area contributed by atoms with Crippen molar-refractivity contribution in [3.8, 4) is 0 Å². The van der Waals surface area contributed by atoms with E-state index in [1.165, 1.54) is 0 Å². The summed E-state index contributed by atoms with van der Waals surface area (Å²) in [6, 6.07) is 5.02. The second-order valence-corrected chi connectivity index (χ2v) is 5.27. The summed E-state index contributed by atoms with van der Waals surface area (Å²) < 4.78 is 0. The van der Waals surface area contributed by atoms with Gasteiger partial charge in [0.25, 0.3) is 0 Å². The van der Waals surface area contributed by atoms with E-state index in [4.69, 9.17) is 0 Å². The molecule has 0 bridgehead atoms. The molecule has 1 amide bonds. The van der Waals surface area contributed by atoms with Crippen molar-refractivity contribution in [2.75, 3.05) is 5.32 Å². The third-order valence-electron chi connectivity index (χ3n) is 3.11. The highest BCUT2D eigenvalue weighted by Crippen LogP contribution is 2.24. The maximum absolute atomic E-state index is 12.0. The molecule has 0 aliphatic carbocycles. The second kappa shape index (κ2) is 5.34. The Kier molecular flexibility index (Phi) is 3.79. The van der Waals surface area contributed by atoms with E-state index >= 15 is 0 Å². The second-order valence-electron chi connectivity index (χ2n) is 5.27. The number of anilines is 1. The van der Waals surface area contributed by atoms with Crippen molar-refractivity contribution in [1.82, 2.24) is 0 Å². The fourth-order valence-corrected chi connectivity index (χ4v) is 2.15. The molecule has 0 saturated heterocycles. The Labute approximate surface area is 112 Å². The Morgan fingerprint density at radius 1 is 1.26 bits per heavy atom. The van der Waals surface area contributed by atoms with Crippen LogP contribution in [0.4, 0.5) is 5.69 Å². The Balaban J connectivity index is 2.20. The van der Waals surface area contributed by atoms with Crippen LogP contribution in [-0.2, 0) is 16.0 Å². The van der Waals surface area contributed by atoms with Gasteiger partial charge in [-0.15, -0.1) is 0 Å². The summed E-state index contributed by atoms with van der Waals surface area (Å²) in [5.41, 5.74) is 2.08. The lowest BCUT2D eigenvalue weighted by Gasteiger charge is -2.17. The number of rotatable bonds is 4. The smallest absolute Gasteiger partial charge is 0.228 e. The summed E-state index contributed by atoms with van der Waals surface area (Å²) >= 11 is 0. The molecule has 2 rings (SSSR count). The molecule has 1 N–H and O–H groups in total. The number of aryl methyl sites for hydroxylation is 1. The Morgan fingerprint density at radius 3 is 2.68 bits per heavy atom. The lowest BCUT2D eigenvalue weighted by atomic mass is 9.95. The van der Waals surface area contributed by atoms with Crippen LogP contribution < -0.4 is 5.32 Å². The number of hydrogen-bond donors (Lipinski definition) is 1. The average molecular weight is 259 g/mol. The van der Waals surface area contributed by atoms with Crippen molar-refractivity contribution < 1.29 is 14.4 Å². The van der Waals surface area contributed by atoms with Gasteiger partial charge in [-0.05, 0) is 36.1 Å². The normalized spacial score (nSPS) is 13.9. The van der Waals surface area contributed by atoms with Gasteiger partial charge >= 0.3 is 0 Å². The molecule has 19 heavy (non-hydrogen) atoms. The van der Waals surface area contributed by atoms with Crippen molar-refractivity contribution >= 4 is 23.2 Å². The van der Waals surface area contributed by atoms with Gasteiger partial charge in [-0.3, -0.25) is 14.4 Å². The van der Waals surface area contributed by atoms with E-state index in [1.54, 1.807) is 18.2 Å². The SMILES string of the molecule is CC(C)CC(=O)C(=O)c1ccc2c(c1)CCC(=O)N2. The van der Waals surface area contributed by atoms with Gasteiger partial charge in [-0.1, -0.05) is 13.8 Å². The van der Waals surface area contributed by atoms with Crippen LogP contribution in [0.15, 0.2) is 18.2 Å². The first-order chi connectivity index (χ1) is 8.97. The van der Waals surface area contributed by atoms with E-state index in [2.05, 4.69) is 5.32 Å². The number of benzene rings is 1. The zero-order valence-corrected chi connectivity index (χ0v) is 11.2. The number of amides is 1. The van der Waals surface area contributed by atoms with Crippen molar-refractivity contribution in [2.45, 2.75) is 33.1 Å². The van der Waals surface area contributed by atoms with Crippen LogP contribution in [0.5, 0.6) is 0 Å². The average Bonchev–Trinajstić information content (AvgIpc) is 2.36. The fraction of sp³-hybridized carbons (Fsp3) is 0.400. The van der Waals surface area contributed by atoms with E-state index in [0.29, 0.717) is 18.4 Å². The molecule has 0 aromatic heterocycles. The Bertz CT molecular complexity index is 546. The van der Waals surface area contributed by atoms with Crippen LogP contribution in [-0.4, -0.2) is 17.5 Å². The van der Waals surface area contributed by atoms with Gasteiger partial charge in [0.15, 0.2) is 0 Å². The predicted molar refractivity (Wildman–Crippen MR) is 72.2 cm³/mol. The first-order valence-electron chi connectivity index (χ1n) is 6.47. The number of carbonyl (C=O) groups excluding carboxylic acids is 3. The number of hydrogen-bond acceptors (Lipinski definition) is 3. The van der Waals surface area contributed by atoms with E-state index < -0.39 is 5.78 Å². The van der Waals surface area contributed by atoms with Gasteiger partial charge in [-0.2, -0.15) is 0 Å². The zero-order valence-electron chi connectivity index (χ0n) is 11.2. The molecule has 0 atom stereocenters. The van der Waals surface area contributed by atoms with Crippen molar-refractivity contribution in [3.63, 3.8) is 0 Å². The van der Waals surface area contributed by atoms with Gasteiger partial charge < -0.3 is 5.32 Å². The van der Waals surface area contributed by atoms with Crippen LogP contribution in [0, 0.1) is 5.92 Å². The topological polar surface area (TPSA) is 63.2 Å². The van der Waals surface area contributed by atoms with Gasteiger partial charge in [0, 0.05) is 24.1 Å². The highest BCUT2D eigenvalue weighted by Gasteiger charge is 2.20. The molecule has 0 spiro atoms. The molecular formula is C15H17NO3. The first-order valence-corrected chi connectivity index (χ1v) is 6.47. The lowest BCUT2D eigenvalue weighted by Crippen LogP contribution is -2.20. The largest absolute Gasteiger partial charge is 0.326 e. The monoisotopic (exact) mass is 259 g/mol. The maximum Gasteiger partial charge on any atom is 0.228 e. The summed E-state index contributed by atoms with van der Waals surface area (Å²) in [6.07, 6.45) is 1.30. The van der Waals surface area contributed by atoms with Crippen molar-refractivity contribution in [1.29, 1.82) is 0 Å². The van der Waals surface area contributed by atoms with Gasteiger partial charge in [0.05, 0.1) is 0 Å². The number of Topliss-reactive ketones (excluding diaryl/α,β-unsaturated/α-hetero) is 2. The molecule has 1 aromatic carbocycles. The van der Waals surface area contributed by atoms with Gasteiger partial charge in [-0.25, -0.2) is 0 Å². The van der Waals surface area contributed by atoms with Crippen LogP contribution in [0.1, 0.15) is 42.6 Å². The molecule has 0 fully saturated rings. The first kappa shape index (κ1) is 13.5. The van der Waals surface area contributed by atoms with Gasteiger partial charge in [0.2, 0.25) is 17.5 Å². The highest BCUT2D eigenvalue weighted by atomic mass is 16.2. The summed E-state index contributed by atoms with van der Waals surface area (Å²) in [5.74, 6) is -0.626. The minimum atomic E-state index is -0.437. The molecule has 0 saturated carbocycles. The van der Waals surface area contributed by atoms with E-state index in [0.717, 1.165) is 11.3 Å². The summed E-state index contributed by atoms with van der Waals surface area (Å²) in [5, 5.41) is 2.75. The molecule has 0 unspecified atom stereocenters. The zero-order chi connectivity index (χ0) is 14.0. The molecule has 0 radical (unpaired) electrons. The quantitative estimate of drug-likeness (QED) is 0.667. The standard InChI is InChI=1S/C15H17NO3/c1-9(2)7-13(17)15(19)11-3-5-12-10(8-11)4-6-14(18)16-12/h3,5,8-9H,4,6-7H2,1-2H3,(H,16,18). The van der Waals surface area contributed by atoms with Crippen molar-refractivity contribution in [2.24, 2.45) is 5.92 Å². The number of fused-ring (bicyclic) bond motifs is 1. The number of carbonyl (C=O) groups is 3. The fourth-order valence-electron chi connectivity index (χ4n) is 2.15. The molecule has 1 aliphatic heterocycles. The lowest BCUT2D eigenvalue weighted by molar-refractivity contribution is -0.116. The number of nitrogens with one attached hydrogen (secondary N) is 1. The summed E-state index contributed by atoms with van der Waals surface area (Å²) in [4.78, 5) is 35.0. The maximum atomic E-state index is 12.0. The molecule has 1 heterocycles. The highest BCUT2D eigenvalue weighted by molar-refractivity contribution is 6.43. The van der Waals surface area contributed by atoms with E-state index in [1.807, 2.05) is 13.8 Å². The van der Waals surface area contributed by atoms with E-state index in [-0.39, 0.29) is 24.0 Å². The molecular weight excluding hydrogens is 242 g/mol. The van der Waals surface area contributed by atoms with Crippen molar-refractivity contribution in [3.05, 3.63) is 29.3 Å². The third kappa shape index (κ3) is 3.08. The number of ketones is 2. The van der Waals surface area contributed by atoms with Gasteiger partial charge in [0.1, 0.15) is 0 Å².